The molecule has 0 aliphatic carbocycles. The van der Waals surface area contributed by atoms with Crippen molar-refractivity contribution in [1.29, 1.82) is 0 Å². The van der Waals surface area contributed by atoms with Gasteiger partial charge in [-0.1, -0.05) is 0 Å². The number of carbonyl (C=O) groups excluding carboxylic acids is 1. The molecule has 0 aliphatic heterocycles. The number of fused-ring (bicyclic) bond motifs is 1. The molecule has 29 heavy (non-hydrogen) atoms. The lowest BCUT2D eigenvalue weighted by molar-refractivity contribution is 0.102. The second kappa shape index (κ2) is 8.52. The Morgan fingerprint density at radius 1 is 1.07 bits per heavy atom. The first kappa shape index (κ1) is 21.1. The molecule has 0 saturated heterocycles. The monoisotopic (exact) mass is 738 g/mol. The Hall–Kier alpha value is -1.18. The van der Waals surface area contributed by atoms with Gasteiger partial charge in [0.15, 0.2) is 5.58 Å². The highest BCUT2D eigenvalue weighted by Gasteiger charge is 2.15. The van der Waals surface area contributed by atoms with E-state index in [-0.39, 0.29) is 11.7 Å². The van der Waals surface area contributed by atoms with Gasteiger partial charge < -0.3 is 14.8 Å². The summed E-state index contributed by atoms with van der Waals surface area (Å²) in [6.07, 6.45) is 0. The van der Waals surface area contributed by atoms with Crippen molar-refractivity contribution in [3.63, 3.8) is 0 Å². The van der Waals surface area contributed by atoms with Gasteiger partial charge in [0.25, 0.3) is 5.91 Å². The fourth-order valence-electron chi connectivity index (χ4n) is 2.69. The number of oxazole rings is 1. The Balaban J connectivity index is 1.64. The number of phenols is 1. The molecule has 0 atom stereocenters. The molecule has 4 aromatic rings. The zero-order chi connectivity index (χ0) is 20.7. The summed E-state index contributed by atoms with van der Waals surface area (Å²) < 4.78 is 9.08. The summed E-state index contributed by atoms with van der Waals surface area (Å²) in [5.74, 6) is 0.365. The van der Waals surface area contributed by atoms with E-state index < -0.39 is 0 Å². The number of amides is 1. The number of rotatable bonds is 3. The maximum Gasteiger partial charge on any atom is 0.256 e. The van der Waals surface area contributed by atoms with Crippen LogP contribution in [-0.2, 0) is 0 Å². The number of nitrogens with one attached hydrogen (secondary N) is 1. The maximum absolute atomic E-state index is 12.8. The van der Waals surface area contributed by atoms with Crippen molar-refractivity contribution in [2.45, 2.75) is 0 Å². The molecule has 0 saturated carbocycles. The standard InChI is InChI=1S/C20H10Br2I2N2O3/c21-13-5-9(1-3-16(13)27)20-26-15-8-11(2-4-17(15)29-20)25-19(28)12-6-10(23)7-14(24)18(12)22/h1-8,27H,(H,25,28). The average molecular weight is 740 g/mol. The van der Waals surface area contributed by atoms with Gasteiger partial charge in [0.2, 0.25) is 5.89 Å². The Kier molecular flexibility index (Phi) is 6.19. The molecule has 0 bridgehead atoms. The van der Waals surface area contributed by atoms with E-state index in [1.165, 1.54) is 0 Å². The van der Waals surface area contributed by atoms with E-state index in [1.807, 2.05) is 12.1 Å². The highest BCUT2D eigenvalue weighted by atomic mass is 127. The van der Waals surface area contributed by atoms with Crippen molar-refractivity contribution < 1.29 is 14.3 Å². The van der Waals surface area contributed by atoms with Crippen LogP contribution in [0.2, 0.25) is 0 Å². The number of benzene rings is 3. The van der Waals surface area contributed by atoms with Gasteiger partial charge in [-0.3, -0.25) is 4.79 Å². The van der Waals surface area contributed by atoms with Crippen molar-refractivity contribution in [1.82, 2.24) is 4.98 Å². The molecule has 146 valence electrons. The van der Waals surface area contributed by atoms with Crippen LogP contribution in [0.1, 0.15) is 10.4 Å². The quantitative estimate of drug-likeness (QED) is 0.173. The van der Waals surface area contributed by atoms with Crippen LogP contribution >= 0.6 is 77.0 Å². The number of nitrogens with zero attached hydrogens (tertiary/aromatic N) is 1. The Bertz CT molecular complexity index is 1270. The molecule has 9 heteroatoms. The molecule has 1 amide bonds. The number of carbonyl (C=O) groups is 1. The van der Waals surface area contributed by atoms with Crippen LogP contribution < -0.4 is 5.32 Å². The highest BCUT2D eigenvalue weighted by Crippen LogP contribution is 2.32. The van der Waals surface area contributed by atoms with Crippen molar-refractivity contribution in [2.24, 2.45) is 0 Å². The maximum atomic E-state index is 12.8. The Morgan fingerprint density at radius 2 is 1.86 bits per heavy atom. The number of phenolic OH excluding ortho intramolecular Hbond substituents is 1. The first-order chi connectivity index (χ1) is 13.8. The summed E-state index contributed by atoms with van der Waals surface area (Å²) in [6, 6.07) is 14.2. The minimum absolute atomic E-state index is 0.145. The summed E-state index contributed by atoms with van der Waals surface area (Å²) in [7, 11) is 0. The summed E-state index contributed by atoms with van der Waals surface area (Å²) >= 11 is 11.2. The zero-order valence-corrected chi connectivity index (χ0v) is 21.8. The van der Waals surface area contributed by atoms with Crippen molar-refractivity contribution in [3.05, 3.63) is 70.2 Å². The summed E-state index contributed by atoms with van der Waals surface area (Å²) in [5, 5.41) is 12.6. The number of aromatic nitrogens is 1. The Morgan fingerprint density at radius 3 is 2.62 bits per heavy atom. The Labute approximate surface area is 209 Å². The molecule has 0 aliphatic rings. The van der Waals surface area contributed by atoms with Crippen LogP contribution in [0.4, 0.5) is 5.69 Å². The van der Waals surface area contributed by atoms with E-state index in [2.05, 4.69) is 87.3 Å². The minimum Gasteiger partial charge on any atom is -0.507 e. The molecule has 3 aromatic carbocycles. The second-order valence-electron chi connectivity index (χ2n) is 6.07. The van der Waals surface area contributed by atoms with Gasteiger partial charge in [-0.25, -0.2) is 4.98 Å². The third-order valence-corrected chi connectivity index (χ3v) is 7.78. The van der Waals surface area contributed by atoms with Crippen LogP contribution in [0, 0.1) is 7.14 Å². The minimum atomic E-state index is -0.209. The molecule has 2 N–H and O–H groups in total. The largest absolute Gasteiger partial charge is 0.507 e. The number of halogens is 4. The van der Waals surface area contributed by atoms with Gasteiger partial charge in [-0.15, -0.1) is 0 Å². The fourth-order valence-corrected chi connectivity index (χ4v) is 5.32. The second-order valence-corrected chi connectivity index (χ2v) is 10.1. The van der Waals surface area contributed by atoms with Crippen molar-refractivity contribution >= 4 is 99.7 Å². The number of hydrogen-bond acceptors (Lipinski definition) is 4. The number of aromatic hydroxyl groups is 1. The summed E-state index contributed by atoms with van der Waals surface area (Å²) in [4.78, 5) is 17.3. The van der Waals surface area contributed by atoms with E-state index in [4.69, 9.17) is 4.42 Å². The van der Waals surface area contributed by atoms with Gasteiger partial charge in [0.05, 0.1) is 10.0 Å². The van der Waals surface area contributed by atoms with E-state index in [1.54, 1.807) is 36.4 Å². The SMILES string of the molecule is O=C(Nc1ccc2oc(-c3ccc(O)c(Br)c3)nc2c1)c1cc(I)cc(I)c1Br. The van der Waals surface area contributed by atoms with Gasteiger partial charge >= 0.3 is 0 Å². The molecule has 1 aromatic heterocycles. The molecule has 4 rings (SSSR count). The molecular formula is C20H10Br2I2N2O3. The normalized spacial score (nSPS) is 11.0. The van der Waals surface area contributed by atoms with Crippen LogP contribution in [-0.4, -0.2) is 16.0 Å². The predicted octanol–water partition coefficient (Wildman–Crippen LogP) is 7.19. The van der Waals surface area contributed by atoms with E-state index in [9.17, 15) is 9.90 Å². The van der Waals surface area contributed by atoms with Gasteiger partial charge in [-0.2, -0.15) is 0 Å². The van der Waals surface area contributed by atoms with Crippen molar-refractivity contribution in [3.8, 4) is 17.2 Å². The average Bonchev–Trinajstić information content (AvgIpc) is 3.10. The fraction of sp³-hybridized carbons (Fsp3) is 0. The van der Waals surface area contributed by atoms with Crippen LogP contribution in [0.5, 0.6) is 5.75 Å². The first-order valence-corrected chi connectivity index (χ1v) is 11.9. The number of hydrogen-bond donors (Lipinski definition) is 2. The molecule has 1 heterocycles. The van der Waals surface area contributed by atoms with E-state index in [0.29, 0.717) is 32.7 Å². The molecule has 5 nitrogen and oxygen atoms in total. The molecular weight excluding hydrogens is 730 g/mol. The van der Waals surface area contributed by atoms with Gasteiger partial charge in [0, 0.05) is 22.9 Å². The lowest BCUT2D eigenvalue weighted by atomic mass is 10.2. The molecule has 0 spiro atoms. The topological polar surface area (TPSA) is 75.4 Å². The van der Waals surface area contributed by atoms with Crippen molar-refractivity contribution in [2.75, 3.05) is 5.32 Å². The van der Waals surface area contributed by atoms with Crippen LogP contribution in [0.15, 0.2) is 61.9 Å². The molecule has 0 fully saturated rings. The third kappa shape index (κ3) is 4.47. The molecule has 0 radical (unpaired) electrons. The number of anilines is 1. The zero-order valence-electron chi connectivity index (χ0n) is 14.3. The van der Waals surface area contributed by atoms with Gasteiger partial charge in [-0.05, 0) is 126 Å². The van der Waals surface area contributed by atoms with Gasteiger partial charge in [0.1, 0.15) is 11.3 Å². The van der Waals surface area contributed by atoms with E-state index >= 15 is 0 Å². The van der Waals surface area contributed by atoms with E-state index in [0.717, 1.165) is 17.2 Å². The lowest BCUT2D eigenvalue weighted by Crippen LogP contribution is -2.13. The summed E-state index contributed by atoms with van der Waals surface area (Å²) in [5.41, 5.74) is 3.14. The molecule has 0 unspecified atom stereocenters. The summed E-state index contributed by atoms with van der Waals surface area (Å²) in [6.45, 7) is 0. The first-order valence-electron chi connectivity index (χ1n) is 8.17. The highest BCUT2D eigenvalue weighted by molar-refractivity contribution is 14.1. The smallest absolute Gasteiger partial charge is 0.256 e. The predicted molar refractivity (Wildman–Crippen MR) is 136 cm³/mol. The third-order valence-electron chi connectivity index (χ3n) is 4.08. The van der Waals surface area contributed by atoms with Crippen LogP contribution in [0.3, 0.4) is 0 Å². The lowest BCUT2D eigenvalue weighted by Gasteiger charge is -2.09. The van der Waals surface area contributed by atoms with Crippen LogP contribution in [0.25, 0.3) is 22.6 Å².